The van der Waals surface area contributed by atoms with E-state index < -0.39 is 12.1 Å². The second-order valence-corrected chi connectivity index (χ2v) is 3.16. The van der Waals surface area contributed by atoms with Crippen LogP contribution in [-0.2, 0) is 4.79 Å². The number of alkyl halides is 1. The fraction of sp³-hybridized carbons (Fsp3) is 0.200. The van der Waals surface area contributed by atoms with Gasteiger partial charge in [-0.05, 0) is 6.07 Å². The number of nitrogens with zero attached hydrogens (tertiary/aromatic N) is 1. The Morgan fingerprint density at radius 2 is 2.21 bits per heavy atom. The van der Waals surface area contributed by atoms with Crippen LogP contribution >= 0.6 is 0 Å². The monoisotopic (exact) mass is 193 g/mol. The van der Waals surface area contributed by atoms with E-state index in [1.165, 1.54) is 18.0 Å². The lowest BCUT2D eigenvalue weighted by Crippen LogP contribution is -2.22. The molecular formula is C10H8FNO2. The summed E-state index contributed by atoms with van der Waals surface area (Å²) in [6.07, 6.45) is -1.00. The van der Waals surface area contributed by atoms with E-state index in [4.69, 9.17) is 0 Å². The Bertz CT molecular complexity index is 417. The molecule has 1 aliphatic heterocycles. The molecule has 1 aliphatic rings. The third-order valence-corrected chi connectivity index (χ3v) is 2.38. The molecule has 0 bridgehead atoms. The zero-order chi connectivity index (χ0) is 10.3. The molecule has 1 amide bonds. The predicted octanol–water partition coefficient (Wildman–Crippen LogP) is 1.49. The van der Waals surface area contributed by atoms with Crippen LogP contribution in [0.4, 0.5) is 10.1 Å². The van der Waals surface area contributed by atoms with Crippen molar-refractivity contribution in [1.82, 2.24) is 0 Å². The molecule has 2 rings (SSSR count). The average molecular weight is 193 g/mol. The van der Waals surface area contributed by atoms with Gasteiger partial charge in [0.1, 0.15) is 0 Å². The zero-order valence-electron chi connectivity index (χ0n) is 7.53. The largest absolute Gasteiger partial charge is 0.312 e. The van der Waals surface area contributed by atoms with Gasteiger partial charge in [-0.1, -0.05) is 12.1 Å². The van der Waals surface area contributed by atoms with Crippen LogP contribution in [0.1, 0.15) is 22.1 Å². The van der Waals surface area contributed by atoms with Gasteiger partial charge < -0.3 is 4.90 Å². The molecule has 0 N–H and O–H groups in total. The number of hydrogen-bond acceptors (Lipinski definition) is 2. The SMILES string of the molecule is CN1C(=O)C(F)c2cccc(C=O)c21. The van der Waals surface area contributed by atoms with Gasteiger partial charge in [0.15, 0.2) is 6.29 Å². The zero-order valence-corrected chi connectivity index (χ0v) is 7.53. The highest BCUT2D eigenvalue weighted by Gasteiger charge is 2.36. The third-order valence-electron chi connectivity index (χ3n) is 2.38. The highest BCUT2D eigenvalue weighted by Crippen LogP contribution is 2.38. The number of fused-ring (bicyclic) bond motifs is 1. The lowest BCUT2D eigenvalue weighted by Gasteiger charge is -2.10. The van der Waals surface area contributed by atoms with Crippen molar-refractivity contribution in [2.75, 3.05) is 11.9 Å². The van der Waals surface area contributed by atoms with Gasteiger partial charge >= 0.3 is 0 Å². The summed E-state index contributed by atoms with van der Waals surface area (Å²) in [6.45, 7) is 0. The Kier molecular flexibility index (Phi) is 1.84. The van der Waals surface area contributed by atoms with E-state index in [1.54, 1.807) is 12.1 Å². The number of likely N-dealkylation sites (N-methyl/N-ethyl adjacent to an activating group) is 1. The fourth-order valence-electron chi connectivity index (χ4n) is 1.68. The van der Waals surface area contributed by atoms with Crippen LogP contribution in [0.25, 0.3) is 0 Å². The van der Waals surface area contributed by atoms with E-state index in [1.807, 2.05) is 0 Å². The molecule has 0 aromatic heterocycles. The van der Waals surface area contributed by atoms with Gasteiger partial charge in [0.25, 0.3) is 5.91 Å². The minimum absolute atomic E-state index is 0.280. The van der Waals surface area contributed by atoms with E-state index in [0.29, 0.717) is 17.5 Å². The van der Waals surface area contributed by atoms with Crippen LogP contribution in [0.2, 0.25) is 0 Å². The first kappa shape index (κ1) is 8.87. The van der Waals surface area contributed by atoms with Crippen LogP contribution in [0.15, 0.2) is 18.2 Å². The summed E-state index contributed by atoms with van der Waals surface area (Å²) in [7, 11) is 1.47. The maximum Gasteiger partial charge on any atom is 0.266 e. The van der Waals surface area contributed by atoms with Crippen molar-refractivity contribution in [2.24, 2.45) is 0 Å². The second-order valence-electron chi connectivity index (χ2n) is 3.16. The number of anilines is 1. The molecule has 1 aromatic carbocycles. The quantitative estimate of drug-likeness (QED) is 0.633. The molecule has 0 aliphatic carbocycles. The summed E-state index contributed by atoms with van der Waals surface area (Å²) in [5.74, 6) is -0.616. The summed E-state index contributed by atoms with van der Waals surface area (Å²) in [6, 6.07) is 4.66. The molecule has 1 unspecified atom stereocenters. The van der Waals surface area contributed by atoms with Gasteiger partial charge in [0.05, 0.1) is 5.69 Å². The molecule has 1 aromatic rings. The number of amides is 1. The highest BCUT2D eigenvalue weighted by molar-refractivity contribution is 6.07. The first-order valence-corrected chi connectivity index (χ1v) is 4.16. The second kappa shape index (κ2) is 2.90. The van der Waals surface area contributed by atoms with Gasteiger partial charge in [-0.25, -0.2) is 4.39 Å². The summed E-state index contributed by atoms with van der Waals surface area (Å²) in [4.78, 5) is 23.1. The van der Waals surface area contributed by atoms with Crippen molar-refractivity contribution in [3.8, 4) is 0 Å². The molecule has 0 saturated heterocycles. The minimum Gasteiger partial charge on any atom is -0.312 e. The van der Waals surface area contributed by atoms with Gasteiger partial charge in [0.2, 0.25) is 6.17 Å². The van der Waals surface area contributed by atoms with Crippen LogP contribution in [-0.4, -0.2) is 19.2 Å². The van der Waals surface area contributed by atoms with Crippen molar-refractivity contribution in [3.63, 3.8) is 0 Å². The number of aldehydes is 1. The maximum atomic E-state index is 13.4. The van der Waals surface area contributed by atoms with Crippen molar-refractivity contribution < 1.29 is 14.0 Å². The number of hydrogen-bond donors (Lipinski definition) is 0. The molecule has 4 heteroatoms. The van der Waals surface area contributed by atoms with Crippen LogP contribution in [0.5, 0.6) is 0 Å². The smallest absolute Gasteiger partial charge is 0.266 e. The van der Waals surface area contributed by atoms with Gasteiger partial charge in [-0.2, -0.15) is 0 Å². The van der Waals surface area contributed by atoms with Gasteiger partial charge in [0, 0.05) is 18.2 Å². The molecule has 1 atom stereocenters. The Hall–Kier alpha value is -1.71. The molecule has 72 valence electrons. The third kappa shape index (κ3) is 0.968. The Balaban J connectivity index is 2.68. The van der Waals surface area contributed by atoms with Gasteiger partial charge in [-0.15, -0.1) is 0 Å². The summed E-state index contributed by atoms with van der Waals surface area (Å²) < 4.78 is 13.4. The summed E-state index contributed by atoms with van der Waals surface area (Å²) in [5, 5.41) is 0. The minimum atomic E-state index is -1.63. The lowest BCUT2D eigenvalue weighted by atomic mass is 10.1. The predicted molar refractivity (Wildman–Crippen MR) is 49.1 cm³/mol. The molecule has 0 fully saturated rings. The van der Waals surface area contributed by atoms with E-state index in [2.05, 4.69) is 0 Å². The summed E-state index contributed by atoms with van der Waals surface area (Å²) >= 11 is 0. The van der Waals surface area contributed by atoms with E-state index in [-0.39, 0.29) is 5.56 Å². The lowest BCUT2D eigenvalue weighted by molar-refractivity contribution is -0.122. The standard InChI is InChI=1S/C10H8FNO2/c1-12-9-6(5-13)3-2-4-7(9)8(11)10(12)14/h2-5,8H,1H3. The number of carbonyl (C=O) groups is 2. The van der Waals surface area contributed by atoms with Crippen molar-refractivity contribution in [3.05, 3.63) is 29.3 Å². The first-order valence-electron chi connectivity index (χ1n) is 4.16. The maximum absolute atomic E-state index is 13.4. The van der Waals surface area contributed by atoms with Crippen LogP contribution < -0.4 is 4.90 Å². The fourth-order valence-corrected chi connectivity index (χ4v) is 1.68. The molecular weight excluding hydrogens is 185 g/mol. The average Bonchev–Trinajstić information content (AvgIpc) is 2.44. The van der Waals surface area contributed by atoms with Crippen molar-refractivity contribution in [2.45, 2.75) is 6.17 Å². The molecule has 0 spiro atoms. The Labute approximate surface area is 80.1 Å². The molecule has 0 radical (unpaired) electrons. The van der Waals surface area contributed by atoms with Crippen molar-refractivity contribution in [1.29, 1.82) is 0 Å². The van der Waals surface area contributed by atoms with Crippen molar-refractivity contribution >= 4 is 17.9 Å². The normalized spacial score (nSPS) is 19.7. The molecule has 0 saturated carbocycles. The molecule has 1 heterocycles. The molecule has 3 nitrogen and oxygen atoms in total. The topological polar surface area (TPSA) is 37.4 Å². The molecule has 14 heavy (non-hydrogen) atoms. The van der Waals surface area contributed by atoms with Crippen LogP contribution in [0, 0.1) is 0 Å². The Morgan fingerprint density at radius 3 is 2.86 bits per heavy atom. The van der Waals surface area contributed by atoms with E-state index >= 15 is 0 Å². The number of rotatable bonds is 1. The number of halogens is 1. The van der Waals surface area contributed by atoms with E-state index in [0.717, 1.165) is 0 Å². The van der Waals surface area contributed by atoms with E-state index in [9.17, 15) is 14.0 Å². The highest BCUT2D eigenvalue weighted by atomic mass is 19.1. The number of carbonyl (C=O) groups excluding carboxylic acids is 2. The van der Waals surface area contributed by atoms with Gasteiger partial charge in [-0.3, -0.25) is 9.59 Å². The Morgan fingerprint density at radius 1 is 1.50 bits per heavy atom. The number of para-hydroxylation sites is 1. The first-order chi connectivity index (χ1) is 6.66. The number of benzene rings is 1. The summed E-state index contributed by atoms with van der Waals surface area (Å²) in [5.41, 5.74) is 1.01. The van der Waals surface area contributed by atoms with Crippen LogP contribution in [0.3, 0.4) is 0 Å².